The second kappa shape index (κ2) is 8.76. The molecule has 0 unspecified atom stereocenters. The van der Waals surface area contributed by atoms with E-state index in [9.17, 15) is 9.59 Å². The van der Waals surface area contributed by atoms with Gasteiger partial charge in [-0.15, -0.1) is 0 Å². The molecule has 0 aliphatic heterocycles. The van der Waals surface area contributed by atoms with Crippen LogP contribution in [-0.4, -0.2) is 36.3 Å². The highest BCUT2D eigenvalue weighted by Gasteiger charge is 2.12. The van der Waals surface area contributed by atoms with Crippen LogP contribution in [0.1, 0.15) is 30.0 Å². The molecule has 6 heteroatoms. The van der Waals surface area contributed by atoms with Crippen LogP contribution in [0, 0.1) is 0 Å². The summed E-state index contributed by atoms with van der Waals surface area (Å²) >= 11 is 0. The minimum Gasteiger partial charge on any atom is -0.467 e. The minimum absolute atomic E-state index is 0.00841. The number of nitrogens with one attached hydrogen (secondary N) is 2. The van der Waals surface area contributed by atoms with Crippen molar-refractivity contribution >= 4 is 17.5 Å². The number of nitrogens with zero attached hydrogens (tertiary/aromatic N) is 1. The first-order valence-electron chi connectivity index (χ1n) is 8.06. The number of rotatable bonds is 8. The monoisotopic (exact) mass is 329 g/mol. The molecule has 128 valence electrons. The van der Waals surface area contributed by atoms with Gasteiger partial charge in [0, 0.05) is 24.3 Å². The maximum atomic E-state index is 12.3. The maximum Gasteiger partial charge on any atom is 0.253 e. The normalized spacial score (nSPS) is 10.2. The van der Waals surface area contributed by atoms with E-state index >= 15 is 0 Å². The quantitative estimate of drug-likeness (QED) is 0.780. The van der Waals surface area contributed by atoms with E-state index in [1.165, 1.54) is 0 Å². The summed E-state index contributed by atoms with van der Waals surface area (Å²) in [6.45, 7) is 5.72. The van der Waals surface area contributed by atoms with Crippen LogP contribution < -0.4 is 10.6 Å². The third-order valence-corrected chi connectivity index (χ3v) is 3.65. The fourth-order valence-electron chi connectivity index (χ4n) is 2.30. The van der Waals surface area contributed by atoms with Gasteiger partial charge in [-0.3, -0.25) is 9.59 Å². The Morgan fingerprint density at radius 1 is 1.12 bits per heavy atom. The number of hydrogen-bond donors (Lipinski definition) is 2. The average Bonchev–Trinajstić information content (AvgIpc) is 3.13. The Morgan fingerprint density at radius 2 is 1.92 bits per heavy atom. The molecule has 1 heterocycles. The summed E-state index contributed by atoms with van der Waals surface area (Å²) in [7, 11) is 0. The summed E-state index contributed by atoms with van der Waals surface area (Å²) in [6, 6.07) is 10.8. The molecule has 2 N–H and O–H groups in total. The van der Waals surface area contributed by atoms with E-state index in [0.29, 0.717) is 31.0 Å². The van der Waals surface area contributed by atoms with Gasteiger partial charge < -0.3 is 20.0 Å². The van der Waals surface area contributed by atoms with E-state index in [1.54, 1.807) is 41.5 Å². The van der Waals surface area contributed by atoms with Crippen molar-refractivity contribution in [1.82, 2.24) is 10.2 Å². The molecule has 0 radical (unpaired) electrons. The highest BCUT2D eigenvalue weighted by atomic mass is 16.3. The molecular weight excluding hydrogens is 306 g/mol. The average molecular weight is 329 g/mol. The molecular formula is C18H23N3O3. The number of benzene rings is 1. The van der Waals surface area contributed by atoms with Gasteiger partial charge in [0.05, 0.1) is 19.4 Å². The van der Waals surface area contributed by atoms with E-state index in [1.807, 2.05) is 19.9 Å². The summed E-state index contributed by atoms with van der Waals surface area (Å²) in [5.41, 5.74) is 1.35. The Balaban J connectivity index is 1.87. The number of carbonyl (C=O) groups is 2. The largest absolute Gasteiger partial charge is 0.467 e. The molecule has 2 rings (SSSR count). The summed E-state index contributed by atoms with van der Waals surface area (Å²) in [5.74, 6) is 0.549. The topological polar surface area (TPSA) is 74.6 Å². The molecule has 0 bridgehead atoms. The first-order chi connectivity index (χ1) is 11.6. The molecule has 0 saturated carbocycles. The van der Waals surface area contributed by atoms with E-state index in [-0.39, 0.29) is 18.4 Å². The number of furan rings is 1. The maximum absolute atomic E-state index is 12.3. The Kier molecular flexibility index (Phi) is 6.42. The van der Waals surface area contributed by atoms with Gasteiger partial charge in [0.15, 0.2) is 0 Å². The zero-order valence-electron chi connectivity index (χ0n) is 14.0. The standard InChI is InChI=1S/C18H23N3O3/c1-3-21(4-2)18(23)14-7-5-8-15(11-14)19-13-17(22)20-12-16-9-6-10-24-16/h5-11,19H,3-4,12-13H2,1-2H3,(H,20,22). The van der Waals surface area contributed by atoms with E-state index in [0.717, 1.165) is 5.69 Å². The Bertz CT molecular complexity index is 664. The van der Waals surface area contributed by atoms with Crippen molar-refractivity contribution < 1.29 is 14.0 Å². The zero-order valence-corrected chi connectivity index (χ0v) is 14.0. The van der Waals surface area contributed by atoms with E-state index < -0.39 is 0 Å². The Morgan fingerprint density at radius 3 is 2.58 bits per heavy atom. The minimum atomic E-state index is -0.146. The van der Waals surface area contributed by atoms with E-state index in [2.05, 4.69) is 10.6 Å². The molecule has 0 aliphatic rings. The van der Waals surface area contributed by atoms with Gasteiger partial charge in [-0.2, -0.15) is 0 Å². The predicted octanol–water partition coefficient (Wildman–Crippen LogP) is 2.49. The highest BCUT2D eigenvalue weighted by molar-refractivity contribution is 5.95. The molecule has 1 aromatic heterocycles. The summed E-state index contributed by atoms with van der Waals surface area (Å²) < 4.78 is 5.16. The van der Waals surface area contributed by atoms with Crippen molar-refractivity contribution in [2.24, 2.45) is 0 Å². The van der Waals surface area contributed by atoms with Crippen molar-refractivity contribution in [3.8, 4) is 0 Å². The van der Waals surface area contributed by atoms with Crippen molar-refractivity contribution in [1.29, 1.82) is 0 Å². The van der Waals surface area contributed by atoms with Gasteiger partial charge in [0.25, 0.3) is 5.91 Å². The van der Waals surface area contributed by atoms with Crippen LogP contribution >= 0.6 is 0 Å². The van der Waals surface area contributed by atoms with Gasteiger partial charge in [0.2, 0.25) is 5.91 Å². The van der Waals surface area contributed by atoms with Gasteiger partial charge in [-0.05, 0) is 44.2 Å². The van der Waals surface area contributed by atoms with Crippen molar-refractivity contribution in [3.63, 3.8) is 0 Å². The van der Waals surface area contributed by atoms with Crippen molar-refractivity contribution in [3.05, 3.63) is 54.0 Å². The third-order valence-electron chi connectivity index (χ3n) is 3.65. The Hall–Kier alpha value is -2.76. The van der Waals surface area contributed by atoms with Crippen LogP contribution in [0.25, 0.3) is 0 Å². The van der Waals surface area contributed by atoms with Crippen LogP contribution in [0.2, 0.25) is 0 Å². The highest BCUT2D eigenvalue weighted by Crippen LogP contribution is 2.12. The molecule has 1 aromatic carbocycles. The van der Waals surface area contributed by atoms with Gasteiger partial charge >= 0.3 is 0 Å². The van der Waals surface area contributed by atoms with Gasteiger partial charge in [-0.25, -0.2) is 0 Å². The van der Waals surface area contributed by atoms with Crippen LogP contribution in [0.15, 0.2) is 47.1 Å². The second-order valence-corrected chi connectivity index (χ2v) is 5.27. The predicted molar refractivity (Wildman–Crippen MR) is 92.7 cm³/mol. The lowest BCUT2D eigenvalue weighted by molar-refractivity contribution is -0.119. The molecule has 0 atom stereocenters. The molecule has 2 aromatic rings. The third kappa shape index (κ3) is 4.87. The fraction of sp³-hybridized carbons (Fsp3) is 0.333. The first kappa shape index (κ1) is 17.6. The van der Waals surface area contributed by atoms with E-state index in [4.69, 9.17) is 4.42 Å². The number of carbonyl (C=O) groups excluding carboxylic acids is 2. The second-order valence-electron chi connectivity index (χ2n) is 5.27. The molecule has 24 heavy (non-hydrogen) atoms. The molecule has 0 aliphatic carbocycles. The molecule has 0 spiro atoms. The van der Waals surface area contributed by atoms with Crippen LogP contribution in [0.5, 0.6) is 0 Å². The first-order valence-corrected chi connectivity index (χ1v) is 8.06. The molecule has 0 fully saturated rings. The zero-order chi connectivity index (χ0) is 17.4. The van der Waals surface area contributed by atoms with Gasteiger partial charge in [0.1, 0.15) is 5.76 Å². The molecule has 6 nitrogen and oxygen atoms in total. The number of anilines is 1. The van der Waals surface area contributed by atoms with Crippen LogP contribution in [0.3, 0.4) is 0 Å². The lowest BCUT2D eigenvalue weighted by Crippen LogP contribution is -2.31. The van der Waals surface area contributed by atoms with Crippen molar-refractivity contribution in [2.75, 3.05) is 25.0 Å². The lowest BCUT2D eigenvalue weighted by Gasteiger charge is -2.19. The number of amides is 2. The molecule has 0 saturated heterocycles. The van der Waals surface area contributed by atoms with Gasteiger partial charge in [-0.1, -0.05) is 6.07 Å². The smallest absolute Gasteiger partial charge is 0.253 e. The summed E-state index contributed by atoms with van der Waals surface area (Å²) in [4.78, 5) is 25.9. The summed E-state index contributed by atoms with van der Waals surface area (Å²) in [5, 5.41) is 5.79. The SMILES string of the molecule is CCN(CC)C(=O)c1cccc(NCC(=O)NCc2ccco2)c1. The van der Waals surface area contributed by atoms with Crippen LogP contribution in [0.4, 0.5) is 5.69 Å². The summed E-state index contributed by atoms with van der Waals surface area (Å²) in [6.07, 6.45) is 1.57. The number of hydrogen-bond acceptors (Lipinski definition) is 4. The molecule has 2 amide bonds. The lowest BCUT2D eigenvalue weighted by atomic mass is 10.1. The van der Waals surface area contributed by atoms with Crippen LogP contribution in [-0.2, 0) is 11.3 Å². The Labute approximate surface area is 141 Å². The van der Waals surface area contributed by atoms with Crippen molar-refractivity contribution in [2.45, 2.75) is 20.4 Å². The fourth-order valence-corrected chi connectivity index (χ4v) is 2.30.